The van der Waals surface area contributed by atoms with Gasteiger partial charge in [-0.05, 0) is 30.2 Å². The molecule has 0 spiro atoms. The summed E-state index contributed by atoms with van der Waals surface area (Å²) >= 11 is 0. The Morgan fingerprint density at radius 3 is 2.91 bits per heavy atom. The summed E-state index contributed by atoms with van der Waals surface area (Å²) in [4.78, 5) is 30.3. The predicted molar refractivity (Wildman–Crippen MR) is 127 cm³/mol. The van der Waals surface area contributed by atoms with Crippen molar-refractivity contribution in [1.29, 1.82) is 0 Å². The predicted octanol–water partition coefficient (Wildman–Crippen LogP) is 2.23. The van der Waals surface area contributed by atoms with Crippen molar-refractivity contribution in [3.05, 3.63) is 82.4 Å². The number of hydrogen-bond donors (Lipinski definition) is 2. The fourth-order valence-electron chi connectivity index (χ4n) is 4.02. The first-order valence-corrected chi connectivity index (χ1v) is 10.7. The van der Waals surface area contributed by atoms with E-state index >= 15 is 0 Å². The number of benzene rings is 1. The minimum atomic E-state index is -0.396. The first-order valence-electron chi connectivity index (χ1n) is 10.7. The summed E-state index contributed by atoms with van der Waals surface area (Å²) in [5.41, 5.74) is 10.2. The van der Waals surface area contributed by atoms with Crippen LogP contribution in [-0.4, -0.2) is 42.1 Å². The van der Waals surface area contributed by atoms with Gasteiger partial charge in [0.15, 0.2) is 17.2 Å². The number of amides is 1. The highest BCUT2D eigenvalue weighted by Crippen LogP contribution is 2.28. The number of ketones is 1. The van der Waals surface area contributed by atoms with Crippen LogP contribution < -0.4 is 11.1 Å². The zero-order valence-electron chi connectivity index (χ0n) is 18.6. The van der Waals surface area contributed by atoms with Crippen molar-refractivity contribution in [1.82, 2.24) is 29.7 Å². The summed E-state index contributed by atoms with van der Waals surface area (Å²) < 4.78 is 3.14. The average Bonchev–Trinajstić information content (AvgIpc) is 3.38. The molecule has 1 amide bonds. The van der Waals surface area contributed by atoms with Gasteiger partial charge in [0.25, 0.3) is 5.91 Å². The van der Waals surface area contributed by atoms with E-state index in [-0.39, 0.29) is 23.6 Å². The number of nitrogens with zero attached hydrogens (tertiary/aromatic N) is 5. The van der Waals surface area contributed by atoms with E-state index in [0.717, 1.165) is 16.7 Å². The van der Waals surface area contributed by atoms with Crippen molar-refractivity contribution in [3.63, 3.8) is 0 Å². The quantitative estimate of drug-likeness (QED) is 0.461. The third-order valence-electron chi connectivity index (χ3n) is 5.68. The lowest BCUT2D eigenvalue weighted by Gasteiger charge is -2.22. The summed E-state index contributed by atoms with van der Waals surface area (Å²) in [5.74, 6) is 5.82. The summed E-state index contributed by atoms with van der Waals surface area (Å²) in [6.45, 7) is 1.84. The van der Waals surface area contributed by atoms with Crippen LogP contribution in [0.4, 0.5) is 5.82 Å². The molecule has 1 aliphatic carbocycles. The second-order valence-electron chi connectivity index (χ2n) is 8.08. The van der Waals surface area contributed by atoms with Gasteiger partial charge in [-0.25, -0.2) is 9.50 Å². The van der Waals surface area contributed by atoms with E-state index in [1.165, 1.54) is 4.52 Å². The van der Waals surface area contributed by atoms with Gasteiger partial charge >= 0.3 is 0 Å². The molecule has 9 heteroatoms. The topological polar surface area (TPSA) is 120 Å². The Morgan fingerprint density at radius 2 is 2.12 bits per heavy atom. The van der Waals surface area contributed by atoms with Gasteiger partial charge in [-0.3, -0.25) is 14.3 Å². The molecule has 0 saturated heterocycles. The largest absolute Gasteiger partial charge is 0.381 e. The fraction of sp³-hybridized carbons (Fsp3) is 0.160. The molecule has 1 aliphatic rings. The van der Waals surface area contributed by atoms with E-state index in [1.807, 2.05) is 44.4 Å². The number of carbonyl (C=O) groups is 2. The molecule has 0 saturated carbocycles. The minimum Gasteiger partial charge on any atom is -0.381 e. The van der Waals surface area contributed by atoms with Crippen LogP contribution in [0.5, 0.6) is 0 Å². The Labute approximate surface area is 195 Å². The molecule has 9 nitrogen and oxygen atoms in total. The number of nitrogens with one attached hydrogen (secondary N) is 1. The van der Waals surface area contributed by atoms with Crippen molar-refractivity contribution < 1.29 is 9.59 Å². The molecular weight excluding hydrogens is 430 g/mol. The van der Waals surface area contributed by atoms with E-state index < -0.39 is 11.9 Å². The van der Waals surface area contributed by atoms with Gasteiger partial charge in [-0.2, -0.15) is 5.10 Å². The van der Waals surface area contributed by atoms with Crippen LogP contribution in [0.2, 0.25) is 0 Å². The fourth-order valence-corrected chi connectivity index (χ4v) is 4.02. The number of aryl methyl sites for hydroxylation is 1. The molecule has 0 bridgehead atoms. The van der Waals surface area contributed by atoms with Gasteiger partial charge in [0, 0.05) is 49.2 Å². The Balaban J connectivity index is 1.41. The minimum absolute atomic E-state index is 0.0400. The van der Waals surface area contributed by atoms with Gasteiger partial charge in [0.2, 0.25) is 0 Å². The molecule has 168 valence electrons. The highest BCUT2D eigenvalue weighted by atomic mass is 16.2. The van der Waals surface area contributed by atoms with E-state index in [2.05, 4.69) is 32.3 Å². The van der Waals surface area contributed by atoms with E-state index in [4.69, 9.17) is 5.73 Å². The molecule has 3 N–H and O–H groups in total. The molecule has 3 heterocycles. The molecule has 1 aromatic carbocycles. The standard InChI is InChI=1S/C25H21N7O2/c1-15(29-25(34)22-23(26)30-32-10-4-9-27-24(22)32)19-11-18-6-3-5-17(21(18)20(33)12-19)8-7-16-13-28-31(2)14-16/h3-6,9-11,13-15H,12H2,1-2H3,(H2,26,30)(H,29,34). The average molecular weight is 451 g/mol. The van der Waals surface area contributed by atoms with Crippen LogP contribution in [0.15, 0.2) is 54.6 Å². The number of nitrogens with two attached hydrogens (primary N) is 1. The summed E-state index contributed by atoms with van der Waals surface area (Å²) in [6, 6.07) is 6.89. The van der Waals surface area contributed by atoms with Crippen molar-refractivity contribution in [2.75, 3.05) is 5.73 Å². The first-order chi connectivity index (χ1) is 16.4. The van der Waals surface area contributed by atoms with Crippen LogP contribution in [0.3, 0.4) is 0 Å². The maximum absolute atomic E-state index is 13.1. The number of nitrogen functional groups attached to an aromatic ring is 1. The molecule has 34 heavy (non-hydrogen) atoms. The number of Topliss-reactive ketones (excluding diaryl/α,β-unsaturated/α-hetero) is 1. The molecule has 0 radical (unpaired) electrons. The lowest BCUT2D eigenvalue weighted by Crippen LogP contribution is -2.35. The van der Waals surface area contributed by atoms with Crippen LogP contribution in [0, 0.1) is 11.8 Å². The second-order valence-corrected chi connectivity index (χ2v) is 8.08. The normalized spacial score (nSPS) is 13.6. The van der Waals surface area contributed by atoms with E-state index in [9.17, 15) is 9.59 Å². The Morgan fingerprint density at radius 1 is 1.26 bits per heavy atom. The summed E-state index contributed by atoms with van der Waals surface area (Å²) in [7, 11) is 1.83. The maximum Gasteiger partial charge on any atom is 0.259 e. The first kappa shape index (κ1) is 21.2. The molecule has 4 aromatic rings. The highest BCUT2D eigenvalue weighted by molar-refractivity contribution is 6.07. The third kappa shape index (κ3) is 3.82. The van der Waals surface area contributed by atoms with Gasteiger partial charge in [0.1, 0.15) is 5.56 Å². The summed E-state index contributed by atoms with van der Waals surface area (Å²) in [6.07, 6.45) is 8.87. The monoisotopic (exact) mass is 451 g/mol. The third-order valence-corrected chi connectivity index (χ3v) is 5.68. The van der Waals surface area contributed by atoms with Gasteiger partial charge in [-0.15, -0.1) is 5.10 Å². The van der Waals surface area contributed by atoms with E-state index in [0.29, 0.717) is 16.8 Å². The Hall–Kier alpha value is -4.71. The highest BCUT2D eigenvalue weighted by Gasteiger charge is 2.26. The summed E-state index contributed by atoms with van der Waals surface area (Å²) in [5, 5.41) is 11.2. The van der Waals surface area contributed by atoms with Crippen molar-refractivity contribution in [2.45, 2.75) is 19.4 Å². The van der Waals surface area contributed by atoms with Crippen LogP contribution in [-0.2, 0) is 7.05 Å². The van der Waals surface area contributed by atoms with Crippen molar-refractivity contribution in [3.8, 4) is 11.8 Å². The number of aromatic nitrogens is 5. The molecule has 3 aromatic heterocycles. The SMILES string of the molecule is CC(NC(=O)c1c(N)nn2cccnc12)C1=Cc2cccc(C#Cc3cnn(C)c3)c2C(=O)C1. The zero-order valence-corrected chi connectivity index (χ0v) is 18.6. The van der Waals surface area contributed by atoms with Crippen LogP contribution in [0.25, 0.3) is 11.7 Å². The zero-order chi connectivity index (χ0) is 23.8. The maximum atomic E-state index is 13.1. The van der Waals surface area contributed by atoms with Crippen LogP contribution in [0.1, 0.15) is 50.8 Å². The second kappa shape index (κ2) is 8.33. The van der Waals surface area contributed by atoms with Crippen molar-refractivity contribution >= 4 is 29.2 Å². The van der Waals surface area contributed by atoms with Crippen molar-refractivity contribution in [2.24, 2.45) is 7.05 Å². The lowest BCUT2D eigenvalue weighted by atomic mass is 9.85. The van der Waals surface area contributed by atoms with Gasteiger partial charge < -0.3 is 11.1 Å². The molecule has 0 aliphatic heterocycles. The van der Waals surface area contributed by atoms with Crippen LogP contribution >= 0.6 is 0 Å². The molecule has 1 unspecified atom stereocenters. The van der Waals surface area contributed by atoms with Gasteiger partial charge in [-0.1, -0.05) is 30.0 Å². The Kier molecular flexibility index (Phi) is 5.18. The van der Waals surface area contributed by atoms with Gasteiger partial charge in [0.05, 0.1) is 11.8 Å². The number of fused-ring (bicyclic) bond motifs is 2. The lowest BCUT2D eigenvalue weighted by molar-refractivity contribution is 0.0937. The Bertz CT molecular complexity index is 1550. The van der Waals surface area contributed by atoms with E-state index in [1.54, 1.807) is 29.3 Å². The molecule has 1 atom stereocenters. The number of carbonyl (C=O) groups excluding carboxylic acids is 2. The molecule has 0 fully saturated rings. The number of anilines is 1. The smallest absolute Gasteiger partial charge is 0.259 e. The number of hydrogen-bond acceptors (Lipinski definition) is 6. The number of rotatable bonds is 3. The molecule has 5 rings (SSSR count). The molecular formula is C25H21N7O2.